The molecule has 0 saturated heterocycles. The quantitative estimate of drug-likeness (QED) is 0.414. The molecule has 2 fully saturated rings. The zero-order chi connectivity index (χ0) is 23.3. The van der Waals surface area contributed by atoms with Crippen LogP contribution in [0.4, 0.5) is 11.8 Å². The topological polar surface area (TPSA) is 116 Å². The number of aliphatic hydroxyl groups excluding tert-OH is 2. The summed E-state index contributed by atoms with van der Waals surface area (Å²) in [6.07, 6.45) is 3.36. The van der Waals surface area contributed by atoms with Crippen molar-refractivity contribution < 1.29 is 10.2 Å². The lowest BCUT2D eigenvalue weighted by molar-refractivity contribution is 0.00750. The number of aromatic nitrogens is 4. The van der Waals surface area contributed by atoms with Crippen molar-refractivity contribution in [2.24, 2.45) is 17.8 Å². The Bertz CT molecular complexity index is 1160. The van der Waals surface area contributed by atoms with Crippen molar-refractivity contribution in [2.45, 2.75) is 65.2 Å². The fraction of sp³-hybridized carbons (Fsp3) is 0.583. The Balaban J connectivity index is 1.53. The van der Waals surface area contributed by atoms with Crippen molar-refractivity contribution in [3.63, 3.8) is 0 Å². The molecule has 3 aromatic rings. The van der Waals surface area contributed by atoms with E-state index in [1.165, 1.54) is 12.8 Å². The van der Waals surface area contributed by atoms with Gasteiger partial charge in [-0.15, -0.1) is 11.3 Å². The molecular formula is C24H32N6O2S. The van der Waals surface area contributed by atoms with E-state index in [1.54, 1.807) is 17.5 Å². The number of thiazole rings is 1. The van der Waals surface area contributed by atoms with Gasteiger partial charge in [0.2, 0.25) is 5.95 Å². The van der Waals surface area contributed by atoms with Gasteiger partial charge < -0.3 is 20.8 Å². The van der Waals surface area contributed by atoms with Gasteiger partial charge in [-0.3, -0.25) is 4.98 Å². The van der Waals surface area contributed by atoms with Crippen LogP contribution >= 0.6 is 11.3 Å². The van der Waals surface area contributed by atoms with Crippen LogP contribution in [0.2, 0.25) is 0 Å². The van der Waals surface area contributed by atoms with Crippen LogP contribution in [-0.2, 0) is 0 Å². The van der Waals surface area contributed by atoms with Crippen LogP contribution in [0.15, 0.2) is 12.3 Å². The summed E-state index contributed by atoms with van der Waals surface area (Å²) in [6.45, 7) is 8.96. The molecule has 5 rings (SSSR count). The minimum atomic E-state index is -0.856. The van der Waals surface area contributed by atoms with E-state index in [9.17, 15) is 10.2 Å². The van der Waals surface area contributed by atoms with Crippen molar-refractivity contribution in [1.29, 1.82) is 0 Å². The molecule has 4 atom stereocenters. The van der Waals surface area contributed by atoms with Gasteiger partial charge in [-0.05, 0) is 56.9 Å². The molecule has 3 heterocycles. The number of rotatable bonds is 7. The van der Waals surface area contributed by atoms with Gasteiger partial charge in [-0.2, -0.15) is 4.98 Å². The summed E-state index contributed by atoms with van der Waals surface area (Å²) < 4.78 is 1.06. The Kier molecular flexibility index (Phi) is 5.96. The summed E-state index contributed by atoms with van der Waals surface area (Å²) in [5, 5.41) is 29.0. The zero-order valence-electron chi connectivity index (χ0n) is 19.5. The average Bonchev–Trinajstić information content (AvgIpc) is 3.43. The Morgan fingerprint density at radius 3 is 2.55 bits per heavy atom. The lowest BCUT2D eigenvalue weighted by Gasteiger charge is -2.21. The molecule has 2 aliphatic rings. The second-order valence-electron chi connectivity index (χ2n) is 9.82. The second-order valence-corrected chi connectivity index (χ2v) is 10.8. The summed E-state index contributed by atoms with van der Waals surface area (Å²) in [5.41, 5.74) is 3.43. The summed E-state index contributed by atoms with van der Waals surface area (Å²) in [4.78, 5) is 18.8. The minimum absolute atomic E-state index is 0.0347. The molecule has 4 N–H and O–H groups in total. The Labute approximate surface area is 197 Å². The molecule has 0 bridgehead atoms. The molecular weight excluding hydrogens is 436 g/mol. The Morgan fingerprint density at radius 2 is 1.88 bits per heavy atom. The van der Waals surface area contributed by atoms with E-state index in [-0.39, 0.29) is 17.9 Å². The smallest absolute Gasteiger partial charge is 0.224 e. The van der Waals surface area contributed by atoms with Gasteiger partial charge in [0.25, 0.3) is 0 Å². The molecule has 2 saturated carbocycles. The first-order valence-corrected chi connectivity index (χ1v) is 12.6. The Hall–Kier alpha value is -2.36. The number of hydrogen-bond donors (Lipinski definition) is 4. The van der Waals surface area contributed by atoms with E-state index in [1.807, 2.05) is 19.9 Å². The highest BCUT2D eigenvalue weighted by Crippen LogP contribution is 2.39. The fourth-order valence-electron chi connectivity index (χ4n) is 4.71. The summed E-state index contributed by atoms with van der Waals surface area (Å²) in [6, 6.07) is 1.68. The SMILES string of the molecule is Cc1nc(NCC2CC2)nc(N[C@@H]2C[C@H](C(C)C)[C@@H](O)[C@H]2O)c1-c1nc2c(C)nccc2s1. The fourth-order valence-corrected chi connectivity index (χ4v) is 5.82. The van der Waals surface area contributed by atoms with Crippen LogP contribution in [0.1, 0.15) is 44.5 Å². The molecule has 3 aromatic heterocycles. The summed E-state index contributed by atoms with van der Waals surface area (Å²) in [7, 11) is 0. The molecule has 0 radical (unpaired) electrons. The second kappa shape index (κ2) is 8.77. The van der Waals surface area contributed by atoms with E-state index in [0.29, 0.717) is 24.1 Å². The van der Waals surface area contributed by atoms with E-state index in [2.05, 4.69) is 29.5 Å². The molecule has 0 aromatic carbocycles. The zero-order valence-corrected chi connectivity index (χ0v) is 20.4. The number of nitrogens with one attached hydrogen (secondary N) is 2. The van der Waals surface area contributed by atoms with E-state index >= 15 is 0 Å². The summed E-state index contributed by atoms with van der Waals surface area (Å²) >= 11 is 1.59. The van der Waals surface area contributed by atoms with Gasteiger partial charge in [0.15, 0.2) is 0 Å². The molecule has 33 heavy (non-hydrogen) atoms. The molecule has 0 unspecified atom stereocenters. The molecule has 2 aliphatic carbocycles. The van der Waals surface area contributed by atoms with Crippen molar-refractivity contribution >= 4 is 33.3 Å². The third-order valence-corrected chi connectivity index (χ3v) is 7.98. The Morgan fingerprint density at radius 1 is 1.09 bits per heavy atom. The molecule has 9 heteroatoms. The maximum absolute atomic E-state index is 10.8. The predicted molar refractivity (Wildman–Crippen MR) is 131 cm³/mol. The van der Waals surface area contributed by atoms with Crippen LogP contribution in [0.5, 0.6) is 0 Å². The standard InChI is InChI=1S/C24H32N6O2S/c1-11(2)15-9-16(21(32)20(15)31)28-22-18(12(3)27-24(30-22)26-10-14-5-6-14)23-29-19-13(4)25-8-7-17(19)33-23/h7-8,11,14-16,20-21,31-32H,5-6,9-10H2,1-4H3,(H2,26,27,28,30)/t15-,16-,20-,21+/m1/s1. The minimum Gasteiger partial charge on any atom is -0.390 e. The first kappa shape index (κ1) is 22.4. The number of nitrogens with zero attached hydrogens (tertiary/aromatic N) is 4. The van der Waals surface area contributed by atoms with Crippen LogP contribution in [0.25, 0.3) is 20.8 Å². The molecule has 0 amide bonds. The van der Waals surface area contributed by atoms with Crippen LogP contribution in [0, 0.1) is 31.6 Å². The maximum atomic E-state index is 10.8. The van der Waals surface area contributed by atoms with Gasteiger partial charge >= 0.3 is 0 Å². The largest absolute Gasteiger partial charge is 0.390 e. The molecule has 0 aliphatic heterocycles. The highest BCUT2D eigenvalue weighted by molar-refractivity contribution is 7.21. The van der Waals surface area contributed by atoms with Crippen LogP contribution in [-0.4, -0.2) is 54.9 Å². The van der Waals surface area contributed by atoms with E-state index in [4.69, 9.17) is 15.0 Å². The number of pyridine rings is 1. The maximum Gasteiger partial charge on any atom is 0.224 e. The first-order valence-electron chi connectivity index (χ1n) is 11.8. The van der Waals surface area contributed by atoms with Gasteiger partial charge in [0.05, 0.1) is 33.8 Å². The highest BCUT2D eigenvalue weighted by Gasteiger charge is 2.43. The number of aryl methyl sites for hydroxylation is 2. The number of fused-ring (bicyclic) bond motifs is 1. The predicted octanol–water partition coefficient (Wildman–Crippen LogP) is 3.77. The molecule has 176 valence electrons. The van der Waals surface area contributed by atoms with Crippen LogP contribution < -0.4 is 10.6 Å². The lowest BCUT2D eigenvalue weighted by atomic mass is 9.92. The highest BCUT2D eigenvalue weighted by atomic mass is 32.1. The van der Waals surface area contributed by atoms with E-state index in [0.717, 1.165) is 38.7 Å². The third-order valence-electron chi connectivity index (χ3n) is 6.95. The van der Waals surface area contributed by atoms with Gasteiger partial charge in [-0.1, -0.05) is 13.8 Å². The van der Waals surface area contributed by atoms with Crippen molar-refractivity contribution in [3.05, 3.63) is 23.7 Å². The molecule has 8 nitrogen and oxygen atoms in total. The average molecular weight is 469 g/mol. The lowest BCUT2D eigenvalue weighted by Crippen LogP contribution is -2.36. The van der Waals surface area contributed by atoms with E-state index < -0.39 is 12.2 Å². The summed E-state index contributed by atoms with van der Waals surface area (Å²) in [5.74, 6) is 2.24. The third kappa shape index (κ3) is 4.41. The van der Waals surface area contributed by atoms with Crippen molar-refractivity contribution in [3.8, 4) is 10.6 Å². The normalized spacial score (nSPS) is 25.2. The van der Waals surface area contributed by atoms with Crippen molar-refractivity contribution in [1.82, 2.24) is 19.9 Å². The first-order chi connectivity index (χ1) is 15.8. The van der Waals surface area contributed by atoms with Gasteiger partial charge in [0, 0.05) is 12.7 Å². The van der Waals surface area contributed by atoms with Gasteiger partial charge in [0.1, 0.15) is 22.4 Å². The van der Waals surface area contributed by atoms with Gasteiger partial charge in [-0.25, -0.2) is 9.97 Å². The number of anilines is 2. The monoisotopic (exact) mass is 468 g/mol. The molecule has 0 spiro atoms. The number of aliphatic hydroxyl groups is 2. The van der Waals surface area contributed by atoms with Crippen molar-refractivity contribution in [2.75, 3.05) is 17.2 Å². The van der Waals surface area contributed by atoms with Crippen LogP contribution in [0.3, 0.4) is 0 Å². The number of hydrogen-bond acceptors (Lipinski definition) is 9.